The Morgan fingerprint density at radius 3 is 2.78 bits per heavy atom. The van der Waals surface area contributed by atoms with Gasteiger partial charge in [-0.1, -0.05) is 42.1 Å². The van der Waals surface area contributed by atoms with Gasteiger partial charge in [0.15, 0.2) is 11.0 Å². The second-order valence-electron chi connectivity index (χ2n) is 7.49. The lowest BCUT2D eigenvalue weighted by Gasteiger charge is -2.10. The van der Waals surface area contributed by atoms with Gasteiger partial charge >= 0.3 is 0 Å². The molecule has 0 unspecified atom stereocenters. The fourth-order valence-electron chi connectivity index (χ4n) is 3.43. The van der Waals surface area contributed by atoms with Gasteiger partial charge in [-0.25, -0.2) is 0 Å². The number of hydrogen-bond acceptors (Lipinski definition) is 6. The lowest BCUT2D eigenvalue weighted by molar-refractivity contribution is -0.119. The molecule has 0 bridgehead atoms. The van der Waals surface area contributed by atoms with Crippen molar-refractivity contribution in [1.29, 1.82) is 0 Å². The number of carbonyl (C=O) groups excluding carboxylic acids is 2. The first-order valence-electron chi connectivity index (χ1n) is 10.5. The van der Waals surface area contributed by atoms with E-state index in [1.165, 1.54) is 11.8 Å². The van der Waals surface area contributed by atoms with Gasteiger partial charge < -0.3 is 19.9 Å². The Balaban J connectivity index is 1.36. The lowest BCUT2D eigenvalue weighted by Crippen LogP contribution is -2.32. The molecule has 1 saturated heterocycles. The number of anilines is 1. The molecule has 4 rings (SSSR count). The Bertz CT molecular complexity index is 1080. The van der Waals surface area contributed by atoms with Crippen LogP contribution in [-0.2, 0) is 16.6 Å². The molecule has 0 aliphatic carbocycles. The first-order valence-corrected chi connectivity index (χ1v) is 11.5. The zero-order chi connectivity index (χ0) is 22.3. The van der Waals surface area contributed by atoms with E-state index in [0.717, 1.165) is 25.0 Å². The fourth-order valence-corrected chi connectivity index (χ4v) is 4.18. The van der Waals surface area contributed by atoms with Gasteiger partial charge in [-0.15, -0.1) is 10.2 Å². The molecule has 2 aromatic carbocycles. The number of amides is 2. The van der Waals surface area contributed by atoms with Crippen LogP contribution in [0.2, 0.25) is 0 Å². The van der Waals surface area contributed by atoms with Gasteiger partial charge in [0.05, 0.1) is 11.9 Å². The van der Waals surface area contributed by atoms with Crippen LogP contribution in [-0.4, -0.2) is 51.6 Å². The highest BCUT2D eigenvalue weighted by Gasteiger charge is 2.17. The number of ether oxygens (including phenoxy) is 1. The van der Waals surface area contributed by atoms with E-state index < -0.39 is 0 Å². The average Bonchev–Trinajstić information content (AvgIpc) is 3.47. The Morgan fingerprint density at radius 1 is 1.16 bits per heavy atom. The molecule has 166 valence electrons. The van der Waals surface area contributed by atoms with Gasteiger partial charge in [0.2, 0.25) is 5.91 Å². The minimum Gasteiger partial charge on any atom is -0.376 e. The van der Waals surface area contributed by atoms with Gasteiger partial charge in [0.25, 0.3) is 5.91 Å². The standard InChI is InChI=1S/C23H25N5O3S/c1-28-21(26-27-23(28)32-15-20(29)24-14-19-11-6-12-31-19)17-9-5-10-18(13-17)25-22(30)16-7-3-2-4-8-16/h2-5,7-10,13,19H,6,11-12,14-15H2,1H3,(H,24,29)(H,25,30)/t19-/m1/s1. The predicted octanol–water partition coefficient (Wildman–Crippen LogP) is 3.12. The molecule has 2 N–H and O–H groups in total. The fraction of sp³-hybridized carbons (Fsp3) is 0.304. The molecule has 3 aromatic rings. The molecule has 1 fully saturated rings. The van der Waals surface area contributed by atoms with Crippen LogP contribution in [0.1, 0.15) is 23.2 Å². The van der Waals surface area contributed by atoms with E-state index in [1.807, 2.05) is 54.1 Å². The normalized spacial score (nSPS) is 15.5. The van der Waals surface area contributed by atoms with Crippen LogP contribution in [0, 0.1) is 0 Å². The van der Waals surface area contributed by atoms with Gasteiger partial charge in [-0.05, 0) is 37.1 Å². The maximum Gasteiger partial charge on any atom is 0.255 e. The van der Waals surface area contributed by atoms with Crippen molar-refractivity contribution in [3.8, 4) is 11.4 Å². The van der Waals surface area contributed by atoms with Crippen molar-refractivity contribution in [1.82, 2.24) is 20.1 Å². The monoisotopic (exact) mass is 451 g/mol. The first kappa shape index (κ1) is 22.0. The van der Waals surface area contributed by atoms with Crippen molar-refractivity contribution in [2.75, 3.05) is 24.2 Å². The van der Waals surface area contributed by atoms with Crippen LogP contribution >= 0.6 is 11.8 Å². The summed E-state index contributed by atoms with van der Waals surface area (Å²) in [5.74, 6) is 0.681. The number of carbonyl (C=O) groups is 2. The molecular formula is C23H25N5O3S. The largest absolute Gasteiger partial charge is 0.376 e. The molecule has 1 atom stereocenters. The Labute approximate surface area is 190 Å². The van der Waals surface area contributed by atoms with E-state index >= 15 is 0 Å². The maximum atomic E-state index is 12.4. The van der Waals surface area contributed by atoms with Crippen LogP contribution in [0.15, 0.2) is 59.8 Å². The summed E-state index contributed by atoms with van der Waals surface area (Å²) in [5, 5.41) is 15.0. The van der Waals surface area contributed by atoms with Crippen molar-refractivity contribution < 1.29 is 14.3 Å². The van der Waals surface area contributed by atoms with Crippen LogP contribution in [0.5, 0.6) is 0 Å². The highest BCUT2D eigenvalue weighted by Crippen LogP contribution is 2.25. The predicted molar refractivity (Wildman–Crippen MR) is 124 cm³/mol. The number of aromatic nitrogens is 3. The second-order valence-corrected chi connectivity index (χ2v) is 8.44. The summed E-state index contributed by atoms with van der Waals surface area (Å²) >= 11 is 1.33. The third-order valence-electron chi connectivity index (χ3n) is 5.13. The maximum absolute atomic E-state index is 12.4. The molecule has 32 heavy (non-hydrogen) atoms. The van der Waals surface area contributed by atoms with Gasteiger partial charge in [-0.3, -0.25) is 9.59 Å². The summed E-state index contributed by atoms with van der Waals surface area (Å²) in [6.45, 7) is 1.32. The van der Waals surface area contributed by atoms with Crippen molar-refractivity contribution in [2.45, 2.75) is 24.1 Å². The van der Waals surface area contributed by atoms with Gasteiger partial charge in [-0.2, -0.15) is 0 Å². The molecule has 2 heterocycles. The third-order valence-corrected chi connectivity index (χ3v) is 6.15. The Morgan fingerprint density at radius 2 is 2.00 bits per heavy atom. The van der Waals surface area contributed by atoms with Crippen LogP contribution in [0.25, 0.3) is 11.4 Å². The smallest absolute Gasteiger partial charge is 0.255 e. The second kappa shape index (κ2) is 10.4. The van der Waals surface area contributed by atoms with E-state index in [2.05, 4.69) is 20.8 Å². The molecule has 0 radical (unpaired) electrons. The lowest BCUT2D eigenvalue weighted by atomic mass is 10.1. The average molecular weight is 452 g/mol. The number of nitrogens with one attached hydrogen (secondary N) is 2. The molecule has 0 saturated carbocycles. The SMILES string of the molecule is Cn1c(SCC(=O)NC[C@H]2CCCO2)nnc1-c1cccc(NC(=O)c2ccccc2)c1. The third kappa shape index (κ3) is 5.54. The summed E-state index contributed by atoms with van der Waals surface area (Å²) in [7, 11) is 1.86. The quantitative estimate of drug-likeness (QED) is 0.511. The minimum atomic E-state index is -0.175. The Hall–Kier alpha value is -3.17. The van der Waals surface area contributed by atoms with Crippen LogP contribution in [0.4, 0.5) is 5.69 Å². The first-order chi connectivity index (χ1) is 15.6. The summed E-state index contributed by atoms with van der Waals surface area (Å²) < 4.78 is 7.37. The van der Waals surface area contributed by atoms with E-state index in [-0.39, 0.29) is 23.7 Å². The number of rotatable bonds is 8. The van der Waals surface area contributed by atoms with Crippen molar-refractivity contribution in [3.63, 3.8) is 0 Å². The van der Waals surface area contributed by atoms with Gasteiger partial charge in [0.1, 0.15) is 0 Å². The van der Waals surface area contributed by atoms with E-state index in [1.54, 1.807) is 12.1 Å². The van der Waals surface area contributed by atoms with Crippen molar-refractivity contribution in [3.05, 3.63) is 60.2 Å². The molecule has 8 nitrogen and oxygen atoms in total. The number of hydrogen-bond donors (Lipinski definition) is 2. The van der Waals surface area contributed by atoms with Crippen LogP contribution in [0.3, 0.4) is 0 Å². The molecule has 1 aliphatic rings. The molecule has 0 spiro atoms. The highest BCUT2D eigenvalue weighted by atomic mass is 32.2. The summed E-state index contributed by atoms with van der Waals surface area (Å²) in [6.07, 6.45) is 2.17. The van der Waals surface area contributed by atoms with E-state index in [9.17, 15) is 9.59 Å². The molecular weight excluding hydrogens is 426 g/mol. The molecule has 1 aromatic heterocycles. The van der Waals surface area contributed by atoms with E-state index in [4.69, 9.17) is 4.74 Å². The number of thioether (sulfide) groups is 1. The molecule has 9 heteroatoms. The molecule has 2 amide bonds. The van der Waals surface area contributed by atoms with Crippen molar-refractivity contribution >= 4 is 29.3 Å². The zero-order valence-electron chi connectivity index (χ0n) is 17.8. The van der Waals surface area contributed by atoms with Crippen molar-refractivity contribution in [2.24, 2.45) is 7.05 Å². The minimum absolute atomic E-state index is 0.0549. The van der Waals surface area contributed by atoms with Crippen LogP contribution < -0.4 is 10.6 Å². The zero-order valence-corrected chi connectivity index (χ0v) is 18.6. The summed E-state index contributed by atoms with van der Waals surface area (Å²) in [4.78, 5) is 24.6. The van der Waals surface area contributed by atoms with Gasteiger partial charge in [0, 0.05) is 37.0 Å². The number of benzene rings is 2. The number of nitrogens with zero attached hydrogens (tertiary/aromatic N) is 3. The highest BCUT2D eigenvalue weighted by molar-refractivity contribution is 7.99. The summed E-state index contributed by atoms with van der Waals surface area (Å²) in [5.41, 5.74) is 2.08. The summed E-state index contributed by atoms with van der Waals surface area (Å²) in [6, 6.07) is 16.5. The Kier molecular flexibility index (Phi) is 7.18. The molecule has 1 aliphatic heterocycles. The topological polar surface area (TPSA) is 98.1 Å². The van der Waals surface area contributed by atoms with E-state index in [0.29, 0.717) is 28.8 Å².